The van der Waals surface area contributed by atoms with E-state index < -0.39 is 0 Å². The second kappa shape index (κ2) is 6.25. The molecule has 1 saturated heterocycles. The Morgan fingerprint density at radius 2 is 2.29 bits per heavy atom. The first kappa shape index (κ1) is 13.4. The highest BCUT2D eigenvalue weighted by Crippen LogP contribution is 2.26. The first-order valence-corrected chi connectivity index (χ1v) is 8.32. The minimum atomic E-state index is -0.304. The Balaban J connectivity index is 2.02. The first-order chi connectivity index (χ1) is 8.16. The van der Waals surface area contributed by atoms with E-state index in [9.17, 15) is 9.18 Å². The van der Waals surface area contributed by atoms with Crippen LogP contribution in [0, 0.1) is 5.82 Å². The largest absolute Gasteiger partial charge is 0.298 e. The molecule has 0 spiro atoms. The van der Waals surface area contributed by atoms with Crippen molar-refractivity contribution in [2.24, 2.45) is 0 Å². The summed E-state index contributed by atoms with van der Waals surface area (Å²) in [6.45, 7) is 0. The standard InChI is InChI=1S/C12H12BrFOS2/c13-9-2-1-8(10(14)6-9)5-11(15)12-7-16-3-4-17-12/h1-2,6,12H,3-5,7H2. The monoisotopic (exact) mass is 334 g/mol. The second-order valence-corrected chi connectivity index (χ2v) is 7.19. The fraction of sp³-hybridized carbons (Fsp3) is 0.417. The number of carbonyl (C=O) groups excluding carboxylic acids is 1. The van der Waals surface area contributed by atoms with Gasteiger partial charge in [-0.15, -0.1) is 11.8 Å². The predicted octanol–water partition coefficient (Wildman–Crippen LogP) is 3.55. The van der Waals surface area contributed by atoms with Crippen molar-refractivity contribution in [1.29, 1.82) is 0 Å². The van der Waals surface area contributed by atoms with Gasteiger partial charge in [-0.3, -0.25) is 4.79 Å². The van der Waals surface area contributed by atoms with Crippen LogP contribution in [0.4, 0.5) is 4.39 Å². The molecule has 1 fully saturated rings. The van der Waals surface area contributed by atoms with Crippen LogP contribution >= 0.6 is 39.5 Å². The lowest BCUT2D eigenvalue weighted by atomic mass is 10.1. The Morgan fingerprint density at radius 3 is 2.94 bits per heavy atom. The number of Topliss-reactive ketones (excluding diaryl/α,β-unsaturated/α-hetero) is 1. The van der Waals surface area contributed by atoms with Gasteiger partial charge < -0.3 is 0 Å². The van der Waals surface area contributed by atoms with Gasteiger partial charge in [-0.05, 0) is 17.7 Å². The minimum Gasteiger partial charge on any atom is -0.298 e. The van der Waals surface area contributed by atoms with Gasteiger partial charge in [-0.25, -0.2) is 4.39 Å². The van der Waals surface area contributed by atoms with Gasteiger partial charge >= 0.3 is 0 Å². The van der Waals surface area contributed by atoms with Crippen molar-refractivity contribution in [3.8, 4) is 0 Å². The summed E-state index contributed by atoms with van der Waals surface area (Å²) in [6, 6.07) is 4.86. The summed E-state index contributed by atoms with van der Waals surface area (Å²) < 4.78 is 14.3. The highest BCUT2D eigenvalue weighted by atomic mass is 79.9. The molecule has 17 heavy (non-hydrogen) atoms. The van der Waals surface area contributed by atoms with Crippen molar-refractivity contribution in [2.45, 2.75) is 11.7 Å². The molecular weight excluding hydrogens is 323 g/mol. The molecule has 1 aliphatic rings. The molecule has 1 aromatic rings. The summed E-state index contributed by atoms with van der Waals surface area (Å²) in [5, 5.41) is 0.0387. The first-order valence-electron chi connectivity index (χ1n) is 5.33. The van der Waals surface area contributed by atoms with Crippen LogP contribution in [-0.2, 0) is 11.2 Å². The Bertz CT molecular complexity index is 419. The molecule has 5 heteroatoms. The van der Waals surface area contributed by atoms with E-state index in [0.29, 0.717) is 10.0 Å². The van der Waals surface area contributed by atoms with Gasteiger partial charge in [0.2, 0.25) is 0 Å². The van der Waals surface area contributed by atoms with Crippen LogP contribution in [0.1, 0.15) is 5.56 Å². The van der Waals surface area contributed by atoms with Crippen molar-refractivity contribution in [1.82, 2.24) is 0 Å². The van der Waals surface area contributed by atoms with Crippen LogP contribution < -0.4 is 0 Å². The van der Waals surface area contributed by atoms with Crippen molar-refractivity contribution in [3.05, 3.63) is 34.1 Å². The fourth-order valence-corrected chi connectivity index (χ4v) is 4.62. The van der Waals surface area contributed by atoms with Crippen LogP contribution in [0.15, 0.2) is 22.7 Å². The van der Waals surface area contributed by atoms with Crippen molar-refractivity contribution >= 4 is 45.2 Å². The van der Waals surface area contributed by atoms with Crippen molar-refractivity contribution in [2.75, 3.05) is 17.3 Å². The molecule has 1 atom stereocenters. The van der Waals surface area contributed by atoms with E-state index in [1.54, 1.807) is 35.7 Å². The minimum absolute atomic E-state index is 0.0387. The number of thioether (sulfide) groups is 2. The highest BCUT2D eigenvalue weighted by Gasteiger charge is 2.22. The van der Waals surface area contributed by atoms with Crippen LogP contribution in [0.3, 0.4) is 0 Å². The maximum atomic E-state index is 13.6. The molecule has 0 aromatic heterocycles. The number of carbonyl (C=O) groups is 1. The Kier molecular flexibility index (Phi) is 4.94. The molecule has 1 aliphatic heterocycles. The van der Waals surface area contributed by atoms with Gasteiger partial charge in [0, 0.05) is 28.2 Å². The lowest BCUT2D eigenvalue weighted by Crippen LogP contribution is -2.26. The van der Waals surface area contributed by atoms with E-state index in [0.717, 1.165) is 17.3 Å². The summed E-state index contributed by atoms with van der Waals surface area (Å²) in [5.74, 6) is 2.83. The summed E-state index contributed by atoms with van der Waals surface area (Å²) in [7, 11) is 0. The van der Waals surface area contributed by atoms with Gasteiger partial charge in [0.25, 0.3) is 0 Å². The molecular formula is C12H12BrFOS2. The zero-order chi connectivity index (χ0) is 12.3. The summed E-state index contributed by atoms with van der Waals surface area (Å²) in [5.41, 5.74) is 0.495. The van der Waals surface area contributed by atoms with Gasteiger partial charge in [0.15, 0.2) is 5.78 Å². The van der Waals surface area contributed by atoms with Crippen molar-refractivity contribution in [3.63, 3.8) is 0 Å². The molecule has 0 N–H and O–H groups in total. The maximum absolute atomic E-state index is 13.6. The van der Waals surface area contributed by atoms with Crippen LogP contribution in [0.2, 0.25) is 0 Å². The fourth-order valence-electron chi connectivity index (χ4n) is 1.64. The number of benzene rings is 1. The topological polar surface area (TPSA) is 17.1 Å². The molecule has 1 aromatic carbocycles. The van der Waals surface area contributed by atoms with Crippen LogP contribution in [0.25, 0.3) is 0 Å². The Morgan fingerprint density at radius 1 is 1.47 bits per heavy atom. The van der Waals surface area contributed by atoms with Gasteiger partial charge in [0.05, 0.1) is 5.25 Å². The molecule has 0 amide bonds. The molecule has 0 radical (unpaired) electrons. The third-order valence-electron chi connectivity index (χ3n) is 2.55. The number of ketones is 1. The Labute approximate surface area is 117 Å². The third kappa shape index (κ3) is 3.73. The molecule has 1 heterocycles. The number of hydrogen-bond acceptors (Lipinski definition) is 3. The van der Waals surface area contributed by atoms with E-state index in [4.69, 9.17) is 0 Å². The van der Waals surface area contributed by atoms with Crippen LogP contribution in [-0.4, -0.2) is 28.3 Å². The average molecular weight is 335 g/mol. The molecule has 0 aliphatic carbocycles. The number of hydrogen-bond donors (Lipinski definition) is 0. The van der Waals surface area contributed by atoms with E-state index in [1.807, 2.05) is 0 Å². The van der Waals surface area contributed by atoms with E-state index >= 15 is 0 Å². The number of rotatable bonds is 3. The normalized spacial score (nSPS) is 20.2. The quantitative estimate of drug-likeness (QED) is 0.841. The zero-order valence-corrected chi connectivity index (χ0v) is 12.3. The Hall–Kier alpha value is -0.000000000000000222. The molecule has 92 valence electrons. The molecule has 1 nitrogen and oxygen atoms in total. The summed E-state index contributed by atoms with van der Waals surface area (Å²) in [6.07, 6.45) is 0.206. The highest BCUT2D eigenvalue weighted by molar-refractivity contribution is 9.10. The smallest absolute Gasteiger partial charge is 0.151 e. The molecule has 0 saturated carbocycles. The maximum Gasteiger partial charge on any atom is 0.151 e. The lowest BCUT2D eigenvalue weighted by molar-refractivity contribution is -0.117. The molecule has 0 bridgehead atoms. The van der Waals surface area contributed by atoms with Gasteiger partial charge in [0.1, 0.15) is 5.82 Å². The van der Waals surface area contributed by atoms with Gasteiger partial charge in [-0.2, -0.15) is 11.8 Å². The number of halogens is 2. The zero-order valence-electron chi connectivity index (χ0n) is 9.12. The van der Waals surface area contributed by atoms with Crippen molar-refractivity contribution < 1.29 is 9.18 Å². The molecule has 2 rings (SSSR count). The van der Waals surface area contributed by atoms with E-state index in [-0.39, 0.29) is 23.3 Å². The lowest BCUT2D eigenvalue weighted by Gasteiger charge is -2.19. The van der Waals surface area contributed by atoms with E-state index in [1.165, 1.54) is 6.07 Å². The summed E-state index contributed by atoms with van der Waals surface area (Å²) in [4.78, 5) is 12.0. The van der Waals surface area contributed by atoms with Crippen LogP contribution in [0.5, 0.6) is 0 Å². The molecule has 1 unspecified atom stereocenters. The average Bonchev–Trinajstić information content (AvgIpc) is 2.34. The van der Waals surface area contributed by atoms with Gasteiger partial charge in [-0.1, -0.05) is 22.0 Å². The van der Waals surface area contributed by atoms with E-state index in [2.05, 4.69) is 15.9 Å². The second-order valence-electron chi connectivity index (χ2n) is 3.81. The summed E-state index contributed by atoms with van der Waals surface area (Å²) >= 11 is 6.71. The SMILES string of the molecule is O=C(Cc1ccc(Br)cc1F)C1CSCCS1. The third-order valence-corrected chi connectivity index (χ3v) is 5.85. The predicted molar refractivity (Wildman–Crippen MR) is 76.4 cm³/mol.